The molecule has 3 rings (SSSR count). The van der Waals surface area contributed by atoms with Gasteiger partial charge in [-0.3, -0.25) is 9.69 Å². The van der Waals surface area contributed by atoms with Crippen LogP contribution in [-0.4, -0.2) is 57.1 Å². The lowest BCUT2D eigenvalue weighted by molar-refractivity contribution is -0.118. The maximum atomic E-state index is 13.1. The van der Waals surface area contributed by atoms with E-state index >= 15 is 0 Å². The summed E-state index contributed by atoms with van der Waals surface area (Å²) in [5, 5.41) is 1.12. The van der Waals surface area contributed by atoms with Crippen LogP contribution in [0.4, 0.5) is 9.52 Å². The van der Waals surface area contributed by atoms with Gasteiger partial charge < -0.3 is 4.90 Å². The average molecular weight is 535 g/mol. The van der Waals surface area contributed by atoms with Crippen molar-refractivity contribution in [3.63, 3.8) is 0 Å². The van der Waals surface area contributed by atoms with Gasteiger partial charge in [-0.05, 0) is 75.9 Å². The molecule has 0 saturated heterocycles. The van der Waals surface area contributed by atoms with E-state index in [4.69, 9.17) is 11.6 Å². The monoisotopic (exact) mass is 533 g/mol. The van der Waals surface area contributed by atoms with Crippen LogP contribution in [0.25, 0.3) is 10.2 Å². The van der Waals surface area contributed by atoms with Crippen molar-refractivity contribution < 1.29 is 17.6 Å². The number of benzene rings is 2. The van der Waals surface area contributed by atoms with Crippen molar-refractivity contribution in [2.24, 2.45) is 0 Å². The Morgan fingerprint density at radius 3 is 2.42 bits per heavy atom. The first-order chi connectivity index (χ1) is 15.1. The third-order valence-electron chi connectivity index (χ3n) is 5.01. The number of fused-ring (bicyclic) bond motifs is 1. The highest BCUT2D eigenvalue weighted by atomic mass is 35.5. The van der Waals surface area contributed by atoms with Crippen LogP contribution in [0.15, 0.2) is 41.3 Å². The van der Waals surface area contributed by atoms with Crippen molar-refractivity contribution in [1.82, 2.24) is 9.88 Å². The van der Waals surface area contributed by atoms with Gasteiger partial charge in [0.05, 0.1) is 20.9 Å². The molecule has 0 aliphatic heterocycles. The number of sulfone groups is 1. The van der Waals surface area contributed by atoms with Gasteiger partial charge in [0.1, 0.15) is 5.82 Å². The number of rotatable bonds is 9. The molecule has 0 aliphatic rings. The summed E-state index contributed by atoms with van der Waals surface area (Å²) in [5.41, 5.74) is 1.58. The molecule has 0 bridgehead atoms. The number of hydrogen-bond acceptors (Lipinski definition) is 6. The minimum atomic E-state index is -3.72. The molecule has 0 spiro atoms. The highest BCUT2D eigenvalue weighted by molar-refractivity contribution is 7.91. The molecule has 0 saturated carbocycles. The molecular weight excluding hydrogens is 508 g/mol. The lowest BCUT2D eigenvalue weighted by Gasteiger charge is -2.21. The molecule has 6 nitrogen and oxygen atoms in total. The highest BCUT2D eigenvalue weighted by Crippen LogP contribution is 2.34. The molecule has 0 unspecified atom stereocenters. The van der Waals surface area contributed by atoms with E-state index in [2.05, 4.69) is 4.98 Å². The molecule has 0 atom stereocenters. The second-order valence-electron chi connectivity index (χ2n) is 7.74. The first kappa shape index (κ1) is 27.5. The fourth-order valence-corrected chi connectivity index (χ4v) is 5.64. The molecule has 180 valence electrons. The number of halogens is 3. The molecule has 0 N–H and O–H groups in total. The Morgan fingerprint density at radius 2 is 1.79 bits per heavy atom. The van der Waals surface area contributed by atoms with Gasteiger partial charge in [-0.2, -0.15) is 0 Å². The molecule has 0 fully saturated rings. The average Bonchev–Trinajstić information content (AvgIpc) is 3.17. The summed E-state index contributed by atoms with van der Waals surface area (Å²) in [7, 11) is 0.182. The van der Waals surface area contributed by atoms with Crippen LogP contribution < -0.4 is 4.90 Å². The van der Waals surface area contributed by atoms with E-state index in [-0.39, 0.29) is 35.4 Å². The van der Waals surface area contributed by atoms with E-state index < -0.39 is 15.7 Å². The molecule has 3 aromatic rings. The number of amides is 1. The number of hydrogen-bond donors (Lipinski definition) is 0. The SMILES string of the molecule is Cc1c(Cl)ccc2sc(N(CCCN(C)C)C(=O)CCS(=O)(=O)c3ccc(F)cc3)nc12.Cl. The Kier molecular flexibility index (Phi) is 9.63. The van der Waals surface area contributed by atoms with Crippen LogP contribution in [0.2, 0.25) is 5.02 Å². The molecule has 2 aromatic carbocycles. The van der Waals surface area contributed by atoms with E-state index in [0.717, 1.165) is 34.5 Å². The van der Waals surface area contributed by atoms with Crippen LogP contribution >= 0.6 is 35.3 Å². The van der Waals surface area contributed by atoms with Gasteiger partial charge in [-0.25, -0.2) is 17.8 Å². The normalized spacial score (nSPS) is 11.6. The summed E-state index contributed by atoms with van der Waals surface area (Å²) in [6, 6.07) is 8.28. The third-order valence-corrected chi connectivity index (χ3v) is 8.20. The molecule has 33 heavy (non-hydrogen) atoms. The molecule has 1 heterocycles. The zero-order valence-electron chi connectivity index (χ0n) is 18.5. The summed E-state index contributed by atoms with van der Waals surface area (Å²) in [5.74, 6) is -1.20. The lowest BCUT2D eigenvalue weighted by atomic mass is 10.2. The van der Waals surface area contributed by atoms with Crippen LogP contribution in [0.1, 0.15) is 18.4 Å². The van der Waals surface area contributed by atoms with Crippen LogP contribution in [0, 0.1) is 12.7 Å². The first-order valence-corrected chi connectivity index (χ1v) is 12.9. The summed E-state index contributed by atoms with van der Waals surface area (Å²) in [6.07, 6.45) is 0.510. The second-order valence-corrected chi connectivity index (χ2v) is 11.3. The Labute approximate surface area is 208 Å². The topological polar surface area (TPSA) is 70.6 Å². The Morgan fingerprint density at radius 1 is 1.12 bits per heavy atom. The van der Waals surface area contributed by atoms with Crippen molar-refractivity contribution in [2.75, 3.05) is 37.8 Å². The predicted molar refractivity (Wildman–Crippen MR) is 135 cm³/mol. The number of thiazole rings is 1. The minimum Gasteiger partial charge on any atom is -0.309 e. The molecule has 0 radical (unpaired) electrons. The zero-order valence-corrected chi connectivity index (χ0v) is 21.8. The van der Waals surface area contributed by atoms with Crippen molar-refractivity contribution in [2.45, 2.75) is 24.7 Å². The van der Waals surface area contributed by atoms with Crippen LogP contribution in [0.5, 0.6) is 0 Å². The van der Waals surface area contributed by atoms with Gasteiger partial charge in [-0.15, -0.1) is 12.4 Å². The van der Waals surface area contributed by atoms with Gasteiger partial charge in [-0.1, -0.05) is 22.9 Å². The van der Waals surface area contributed by atoms with E-state index in [1.807, 2.05) is 32.0 Å². The van der Waals surface area contributed by atoms with Gasteiger partial charge in [0, 0.05) is 18.0 Å². The summed E-state index contributed by atoms with van der Waals surface area (Å²) in [4.78, 5) is 21.3. The fourth-order valence-electron chi connectivity index (χ4n) is 3.19. The van der Waals surface area contributed by atoms with E-state index in [1.165, 1.54) is 23.5 Å². The first-order valence-electron chi connectivity index (χ1n) is 10.1. The highest BCUT2D eigenvalue weighted by Gasteiger charge is 2.23. The fraction of sp³-hybridized carbons (Fsp3) is 0.364. The van der Waals surface area contributed by atoms with Crippen molar-refractivity contribution >= 4 is 66.4 Å². The van der Waals surface area contributed by atoms with E-state index in [1.54, 1.807) is 11.0 Å². The quantitative estimate of drug-likeness (QED) is 0.363. The maximum absolute atomic E-state index is 13.1. The van der Waals surface area contributed by atoms with Crippen molar-refractivity contribution in [3.05, 3.63) is 52.8 Å². The van der Waals surface area contributed by atoms with Crippen molar-refractivity contribution in [3.8, 4) is 0 Å². The van der Waals surface area contributed by atoms with Crippen LogP contribution in [0.3, 0.4) is 0 Å². The molecule has 11 heteroatoms. The zero-order chi connectivity index (χ0) is 23.5. The molecule has 0 aliphatic carbocycles. The summed E-state index contributed by atoms with van der Waals surface area (Å²) < 4.78 is 39.2. The third kappa shape index (κ3) is 6.86. The van der Waals surface area contributed by atoms with E-state index in [9.17, 15) is 17.6 Å². The number of carbonyl (C=O) groups is 1. The Hall–Kier alpha value is -1.78. The second kappa shape index (κ2) is 11.6. The maximum Gasteiger partial charge on any atom is 0.229 e. The van der Waals surface area contributed by atoms with Crippen LogP contribution in [-0.2, 0) is 14.6 Å². The molecular formula is C22H26Cl2FN3O3S2. The number of nitrogens with zero attached hydrogens (tertiary/aromatic N) is 3. The van der Waals surface area contributed by atoms with E-state index in [0.29, 0.717) is 23.1 Å². The van der Waals surface area contributed by atoms with Gasteiger partial charge in [0.15, 0.2) is 15.0 Å². The predicted octanol–water partition coefficient (Wildman–Crippen LogP) is 4.97. The standard InChI is InChI=1S/C22H25ClFN3O3S2.ClH/c1-15-18(23)9-10-19-21(15)25-22(31-19)27(13-4-12-26(2)3)20(28)11-14-32(29,30)17-7-5-16(24)6-8-17;/h5-10H,4,11-14H2,1-3H3;1H. The molecule has 1 aromatic heterocycles. The minimum absolute atomic E-state index is 0. The van der Waals surface area contributed by atoms with Gasteiger partial charge in [0.25, 0.3) is 0 Å². The van der Waals surface area contributed by atoms with Gasteiger partial charge in [0.2, 0.25) is 5.91 Å². The number of anilines is 1. The van der Waals surface area contributed by atoms with Crippen molar-refractivity contribution in [1.29, 1.82) is 0 Å². The Balaban J connectivity index is 0.00000385. The number of aromatic nitrogens is 1. The lowest BCUT2D eigenvalue weighted by Crippen LogP contribution is -2.34. The smallest absolute Gasteiger partial charge is 0.229 e. The summed E-state index contributed by atoms with van der Waals surface area (Å²) in [6.45, 7) is 3.06. The largest absolute Gasteiger partial charge is 0.309 e. The summed E-state index contributed by atoms with van der Waals surface area (Å²) >= 11 is 7.59. The number of carbonyl (C=O) groups excluding carboxylic acids is 1. The number of aryl methyl sites for hydroxylation is 1. The van der Waals surface area contributed by atoms with Gasteiger partial charge >= 0.3 is 0 Å². The molecule has 1 amide bonds. The Bertz CT molecular complexity index is 1220.